The van der Waals surface area contributed by atoms with Gasteiger partial charge in [0.15, 0.2) is 0 Å². The van der Waals surface area contributed by atoms with Crippen molar-refractivity contribution in [2.75, 3.05) is 26.0 Å². The molecule has 18 heavy (non-hydrogen) atoms. The molecule has 1 aliphatic rings. The molecule has 0 amide bonds. The smallest absolute Gasteiger partial charge is 0.321 e. The highest BCUT2D eigenvalue weighted by Crippen LogP contribution is 2.20. The Hall–Kier alpha value is -0.660. The summed E-state index contributed by atoms with van der Waals surface area (Å²) in [6.07, 6.45) is 2.34. The maximum Gasteiger partial charge on any atom is 0.321 e. The number of carbonyl (C=O) groups is 1. The fourth-order valence-corrected chi connectivity index (χ4v) is 3.38. The number of hydrogen-bond donors (Lipinski definition) is 1. The first kappa shape index (κ1) is 15.4. The van der Waals surface area contributed by atoms with Crippen LogP contribution >= 0.6 is 0 Å². The van der Waals surface area contributed by atoms with Gasteiger partial charge in [0.1, 0.15) is 6.04 Å². The number of hydrogen-bond acceptors (Lipinski definition) is 4. The highest BCUT2D eigenvalue weighted by molar-refractivity contribution is 7.89. The van der Waals surface area contributed by atoms with Gasteiger partial charge >= 0.3 is 5.97 Å². The minimum atomic E-state index is -3.49. The number of likely N-dealkylation sites (N-methyl/N-ethyl adjacent to an activating group) is 1. The highest BCUT2D eigenvalue weighted by atomic mass is 32.2. The summed E-state index contributed by atoms with van der Waals surface area (Å²) in [6.45, 7) is 2.74. The predicted molar refractivity (Wildman–Crippen MR) is 66.8 cm³/mol. The zero-order chi connectivity index (χ0) is 13.8. The van der Waals surface area contributed by atoms with E-state index in [1.165, 1.54) is 14.0 Å². The molecule has 106 valence electrons. The maximum absolute atomic E-state index is 12.0. The molecule has 1 heterocycles. The number of carboxylic acid groups (broad SMARTS) is 1. The predicted octanol–water partition coefficient (Wildman–Crippen LogP) is 0.538. The van der Waals surface area contributed by atoms with Crippen LogP contribution in [0.5, 0.6) is 0 Å². The second kappa shape index (κ2) is 6.49. The zero-order valence-electron chi connectivity index (χ0n) is 10.8. The van der Waals surface area contributed by atoms with Crippen molar-refractivity contribution in [3.05, 3.63) is 0 Å². The third-order valence-electron chi connectivity index (χ3n) is 3.47. The molecule has 0 aliphatic carbocycles. The molecule has 6 nitrogen and oxygen atoms in total. The lowest BCUT2D eigenvalue weighted by Gasteiger charge is -2.24. The molecule has 0 aromatic carbocycles. The van der Waals surface area contributed by atoms with Gasteiger partial charge in [-0.3, -0.25) is 4.79 Å². The van der Waals surface area contributed by atoms with Crippen LogP contribution in [0, 0.1) is 5.92 Å². The Morgan fingerprint density at radius 2 is 2.00 bits per heavy atom. The Kier molecular flexibility index (Phi) is 5.55. The van der Waals surface area contributed by atoms with Gasteiger partial charge in [-0.25, -0.2) is 8.42 Å². The molecule has 1 saturated heterocycles. The molecule has 0 radical (unpaired) electrons. The van der Waals surface area contributed by atoms with Crippen LogP contribution < -0.4 is 0 Å². The van der Waals surface area contributed by atoms with E-state index in [0.29, 0.717) is 25.6 Å². The van der Waals surface area contributed by atoms with Crippen LogP contribution in [-0.2, 0) is 19.6 Å². The molecule has 0 saturated carbocycles. The summed E-state index contributed by atoms with van der Waals surface area (Å²) >= 11 is 0. The molecule has 1 aliphatic heterocycles. The quantitative estimate of drug-likeness (QED) is 0.767. The van der Waals surface area contributed by atoms with Crippen molar-refractivity contribution in [2.24, 2.45) is 5.92 Å². The number of carboxylic acids is 1. The lowest BCUT2D eigenvalue weighted by Crippen LogP contribution is -2.41. The largest absolute Gasteiger partial charge is 0.480 e. The van der Waals surface area contributed by atoms with E-state index < -0.39 is 22.0 Å². The molecule has 1 fully saturated rings. The van der Waals surface area contributed by atoms with Crippen molar-refractivity contribution in [1.82, 2.24) is 4.31 Å². The molecule has 1 unspecified atom stereocenters. The molecule has 0 spiro atoms. The minimum absolute atomic E-state index is 0.00574. The number of sulfonamides is 1. The molecule has 1 N–H and O–H groups in total. The summed E-state index contributed by atoms with van der Waals surface area (Å²) < 4.78 is 30.1. The molecular formula is C11H21NO5S. The van der Waals surface area contributed by atoms with E-state index in [2.05, 4.69) is 0 Å². The first-order chi connectivity index (χ1) is 8.34. The molecule has 0 aromatic heterocycles. The molecule has 1 rings (SSSR count). The number of nitrogens with zero attached hydrogens (tertiary/aromatic N) is 1. The normalized spacial score (nSPS) is 19.9. The van der Waals surface area contributed by atoms with Gasteiger partial charge in [-0.2, -0.15) is 4.31 Å². The summed E-state index contributed by atoms with van der Waals surface area (Å²) in [5.41, 5.74) is 0. The van der Waals surface area contributed by atoms with E-state index in [4.69, 9.17) is 9.84 Å². The number of ether oxygens (including phenoxy) is 1. The first-order valence-electron chi connectivity index (χ1n) is 6.11. The lowest BCUT2D eigenvalue weighted by atomic mass is 9.98. The second-order valence-electron chi connectivity index (χ2n) is 4.69. The van der Waals surface area contributed by atoms with Crippen LogP contribution in [0.1, 0.15) is 26.2 Å². The maximum atomic E-state index is 12.0. The third-order valence-corrected chi connectivity index (χ3v) is 5.41. The van der Waals surface area contributed by atoms with Crippen LogP contribution in [0.25, 0.3) is 0 Å². The van der Waals surface area contributed by atoms with Gasteiger partial charge in [-0.15, -0.1) is 0 Å². The fourth-order valence-electron chi connectivity index (χ4n) is 1.89. The number of rotatable bonds is 6. The minimum Gasteiger partial charge on any atom is -0.480 e. The van der Waals surface area contributed by atoms with Gasteiger partial charge in [0, 0.05) is 20.3 Å². The Balaban J connectivity index is 2.50. The van der Waals surface area contributed by atoms with Gasteiger partial charge in [-0.05, 0) is 32.1 Å². The van der Waals surface area contributed by atoms with Crippen molar-refractivity contribution in [3.63, 3.8) is 0 Å². The Bertz CT molecular complexity index is 375. The van der Waals surface area contributed by atoms with Crippen molar-refractivity contribution in [1.29, 1.82) is 0 Å². The van der Waals surface area contributed by atoms with Crippen LogP contribution in [0.15, 0.2) is 0 Å². The Morgan fingerprint density at radius 3 is 2.50 bits per heavy atom. The average Bonchev–Trinajstić information content (AvgIpc) is 2.35. The van der Waals surface area contributed by atoms with Crippen LogP contribution in [0.4, 0.5) is 0 Å². The zero-order valence-corrected chi connectivity index (χ0v) is 11.6. The molecule has 7 heteroatoms. The van der Waals surface area contributed by atoms with Crippen LogP contribution in [0.2, 0.25) is 0 Å². The third kappa shape index (κ3) is 4.22. The second-order valence-corrected chi connectivity index (χ2v) is 6.84. The summed E-state index contributed by atoms with van der Waals surface area (Å²) in [4.78, 5) is 10.8. The van der Waals surface area contributed by atoms with E-state index in [0.717, 1.165) is 17.1 Å². The van der Waals surface area contributed by atoms with Crippen molar-refractivity contribution >= 4 is 16.0 Å². The first-order valence-corrected chi connectivity index (χ1v) is 7.72. The van der Waals surface area contributed by atoms with Crippen LogP contribution in [-0.4, -0.2) is 55.9 Å². The van der Waals surface area contributed by atoms with Gasteiger partial charge in [0.05, 0.1) is 5.75 Å². The average molecular weight is 279 g/mol. The monoisotopic (exact) mass is 279 g/mol. The summed E-state index contributed by atoms with van der Waals surface area (Å²) in [6, 6.07) is -1.02. The van der Waals surface area contributed by atoms with Crippen molar-refractivity contribution < 1.29 is 23.1 Å². The molecule has 0 bridgehead atoms. The topological polar surface area (TPSA) is 83.9 Å². The molecule has 0 aromatic rings. The Labute approximate surface area is 108 Å². The highest BCUT2D eigenvalue weighted by Gasteiger charge is 2.28. The summed E-state index contributed by atoms with van der Waals surface area (Å²) in [5.74, 6) is -0.764. The van der Waals surface area contributed by atoms with E-state index in [1.54, 1.807) is 0 Å². The molecule has 1 atom stereocenters. The SMILES string of the molecule is CC(C(=O)O)N(C)S(=O)(=O)CCC1CCOCC1. The van der Waals surface area contributed by atoms with E-state index in [-0.39, 0.29) is 5.75 Å². The summed E-state index contributed by atoms with van der Waals surface area (Å²) in [5, 5.41) is 8.81. The van der Waals surface area contributed by atoms with Crippen molar-refractivity contribution in [2.45, 2.75) is 32.2 Å². The van der Waals surface area contributed by atoms with E-state index in [1.807, 2.05) is 0 Å². The van der Waals surface area contributed by atoms with Gasteiger partial charge < -0.3 is 9.84 Å². The molecular weight excluding hydrogens is 258 g/mol. The Morgan fingerprint density at radius 1 is 1.44 bits per heavy atom. The van der Waals surface area contributed by atoms with E-state index >= 15 is 0 Å². The summed E-state index contributed by atoms with van der Waals surface area (Å²) in [7, 11) is -2.17. The number of aliphatic carboxylic acids is 1. The van der Waals surface area contributed by atoms with Crippen molar-refractivity contribution in [3.8, 4) is 0 Å². The van der Waals surface area contributed by atoms with Gasteiger partial charge in [-0.1, -0.05) is 0 Å². The lowest BCUT2D eigenvalue weighted by molar-refractivity contribution is -0.140. The standard InChI is InChI=1S/C11H21NO5S/c1-9(11(13)14)12(2)18(15,16)8-5-10-3-6-17-7-4-10/h9-10H,3-8H2,1-2H3,(H,13,14). The fraction of sp³-hybridized carbons (Fsp3) is 0.909. The van der Waals surface area contributed by atoms with Gasteiger partial charge in [0.2, 0.25) is 10.0 Å². The van der Waals surface area contributed by atoms with Gasteiger partial charge in [0.25, 0.3) is 0 Å². The van der Waals surface area contributed by atoms with Crippen LogP contribution in [0.3, 0.4) is 0 Å². The van der Waals surface area contributed by atoms with E-state index in [9.17, 15) is 13.2 Å².